The van der Waals surface area contributed by atoms with Crippen molar-refractivity contribution in [3.05, 3.63) is 88.6 Å². The number of ether oxygens (including phenoxy) is 1. The second-order valence-corrected chi connectivity index (χ2v) is 11.4. The van der Waals surface area contributed by atoms with Gasteiger partial charge in [-0.1, -0.05) is 66.4 Å². The predicted octanol–water partition coefficient (Wildman–Crippen LogP) is 5.13. The van der Waals surface area contributed by atoms with Crippen molar-refractivity contribution in [3.8, 4) is 0 Å². The lowest BCUT2D eigenvalue weighted by molar-refractivity contribution is 0.0857. The molecule has 2 aliphatic heterocycles. The van der Waals surface area contributed by atoms with Gasteiger partial charge in [-0.3, -0.25) is 9.69 Å². The molecule has 0 radical (unpaired) electrons. The molecule has 210 valence electrons. The summed E-state index contributed by atoms with van der Waals surface area (Å²) >= 11 is 1.62. The quantitative estimate of drug-likeness (QED) is 0.274. The molecular formula is C32H39N5O2S. The van der Waals surface area contributed by atoms with E-state index in [0.29, 0.717) is 17.9 Å². The first-order chi connectivity index (χ1) is 19.5. The fourth-order valence-electron chi connectivity index (χ4n) is 5.07. The number of piperazine rings is 1. The molecule has 0 spiro atoms. The van der Waals surface area contributed by atoms with Gasteiger partial charge < -0.3 is 15.0 Å². The van der Waals surface area contributed by atoms with Gasteiger partial charge in [0.25, 0.3) is 5.91 Å². The molecule has 1 N–H and O–H groups in total. The van der Waals surface area contributed by atoms with Gasteiger partial charge in [0.2, 0.25) is 0 Å². The van der Waals surface area contributed by atoms with E-state index in [4.69, 9.17) is 14.7 Å². The number of thioether (sulfide) groups is 1. The van der Waals surface area contributed by atoms with Gasteiger partial charge in [-0.25, -0.2) is 9.97 Å². The summed E-state index contributed by atoms with van der Waals surface area (Å²) in [5.41, 5.74) is 5.15. The van der Waals surface area contributed by atoms with Crippen molar-refractivity contribution in [2.24, 2.45) is 0 Å². The number of hydrogen-bond acceptors (Lipinski definition) is 7. The smallest absolute Gasteiger partial charge is 0.251 e. The van der Waals surface area contributed by atoms with Gasteiger partial charge in [-0.15, -0.1) is 0 Å². The summed E-state index contributed by atoms with van der Waals surface area (Å²) in [7, 11) is 0. The van der Waals surface area contributed by atoms with Crippen molar-refractivity contribution >= 4 is 29.6 Å². The molecule has 2 aromatic carbocycles. The van der Waals surface area contributed by atoms with E-state index < -0.39 is 0 Å². The van der Waals surface area contributed by atoms with Crippen LogP contribution in [0.2, 0.25) is 0 Å². The molecule has 0 bridgehead atoms. The van der Waals surface area contributed by atoms with E-state index in [1.165, 1.54) is 5.56 Å². The second-order valence-electron chi connectivity index (χ2n) is 10.5. The molecule has 1 amide bonds. The monoisotopic (exact) mass is 557 g/mol. The highest BCUT2D eigenvalue weighted by molar-refractivity contribution is 7.98. The van der Waals surface area contributed by atoms with Gasteiger partial charge in [-0.2, -0.15) is 0 Å². The van der Waals surface area contributed by atoms with Crippen LogP contribution in [0.3, 0.4) is 0 Å². The lowest BCUT2D eigenvalue weighted by Gasteiger charge is -2.35. The van der Waals surface area contributed by atoms with Crippen LogP contribution in [0, 0.1) is 13.8 Å². The molecule has 1 unspecified atom stereocenters. The number of hydrogen-bond donors (Lipinski definition) is 1. The maximum absolute atomic E-state index is 12.7. The Bertz CT molecular complexity index is 1300. The molecule has 1 atom stereocenters. The maximum atomic E-state index is 12.7. The summed E-state index contributed by atoms with van der Waals surface area (Å²) in [5.74, 6) is 1.69. The predicted molar refractivity (Wildman–Crippen MR) is 163 cm³/mol. The van der Waals surface area contributed by atoms with E-state index in [9.17, 15) is 4.79 Å². The zero-order chi connectivity index (χ0) is 27.7. The van der Waals surface area contributed by atoms with Crippen molar-refractivity contribution < 1.29 is 9.53 Å². The number of benzene rings is 2. The number of nitrogens with one attached hydrogen (secondary N) is 1. The fraction of sp³-hybridized carbons (Fsp3) is 0.406. The Morgan fingerprint density at radius 3 is 2.67 bits per heavy atom. The van der Waals surface area contributed by atoms with Crippen LogP contribution in [0.15, 0.2) is 65.8 Å². The summed E-state index contributed by atoms with van der Waals surface area (Å²) < 4.78 is 5.62. The lowest BCUT2D eigenvalue weighted by atomic mass is 10.1. The van der Waals surface area contributed by atoms with E-state index in [1.807, 2.05) is 24.3 Å². The summed E-state index contributed by atoms with van der Waals surface area (Å²) in [5, 5.41) is 3.79. The van der Waals surface area contributed by atoms with Crippen LogP contribution < -0.4 is 10.2 Å². The van der Waals surface area contributed by atoms with Crippen molar-refractivity contribution in [2.75, 3.05) is 50.8 Å². The molecule has 3 aromatic rings. The van der Waals surface area contributed by atoms with Crippen molar-refractivity contribution in [1.29, 1.82) is 0 Å². The summed E-state index contributed by atoms with van der Waals surface area (Å²) in [6.45, 7) is 10.4. The molecule has 2 fully saturated rings. The normalized spacial score (nSPS) is 17.9. The van der Waals surface area contributed by atoms with E-state index in [2.05, 4.69) is 71.4 Å². The number of carbonyl (C=O) groups excluding carboxylic acids is 1. The van der Waals surface area contributed by atoms with E-state index in [0.717, 1.165) is 80.0 Å². The number of aromatic nitrogens is 2. The number of nitrogens with zero attached hydrogens (tertiary/aromatic N) is 4. The topological polar surface area (TPSA) is 70.6 Å². The molecular weight excluding hydrogens is 518 g/mol. The number of amides is 1. The standard InChI is InChI=1S/C32H39N5O2S/c1-24-25(2)34-32(40-23-27-11-6-13-28(21-27)31(38)33-22-29-14-8-20-39-29)35-30(24)37-18-16-36(17-19-37)15-7-12-26-9-4-3-5-10-26/h3-7,9-13,21,29H,8,14-20,22-23H2,1-2H3,(H,33,38). The van der Waals surface area contributed by atoms with Crippen LogP contribution in [0.5, 0.6) is 0 Å². The van der Waals surface area contributed by atoms with Crippen molar-refractivity contribution in [3.63, 3.8) is 0 Å². The molecule has 1 aromatic heterocycles. The average Bonchev–Trinajstić information content (AvgIpc) is 3.51. The number of rotatable bonds is 10. The first kappa shape index (κ1) is 28.3. The largest absolute Gasteiger partial charge is 0.376 e. The highest BCUT2D eigenvalue weighted by atomic mass is 32.2. The third-order valence-corrected chi connectivity index (χ3v) is 8.48. The first-order valence-electron chi connectivity index (χ1n) is 14.2. The molecule has 40 heavy (non-hydrogen) atoms. The number of anilines is 1. The van der Waals surface area contributed by atoms with Gasteiger partial charge in [0, 0.05) is 68.4 Å². The Kier molecular flexibility index (Phi) is 9.86. The molecule has 5 rings (SSSR count). The third kappa shape index (κ3) is 7.71. The molecule has 0 saturated carbocycles. The molecule has 2 saturated heterocycles. The zero-order valence-corrected chi connectivity index (χ0v) is 24.3. The number of carbonyl (C=O) groups is 1. The Hall–Kier alpha value is -3.20. The van der Waals surface area contributed by atoms with Gasteiger partial charge in [-0.05, 0) is 49.9 Å². The fourth-order valence-corrected chi connectivity index (χ4v) is 5.90. The van der Waals surface area contributed by atoms with Crippen molar-refractivity contribution in [2.45, 2.75) is 43.7 Å². The Morgan fingerprint density at radius 2 is 1.90 bits per heavy atom. The van der Waals surface area contributed by atoms with Crippen LogP contribution >= 0.6 is 11.8 Å². The molecule has 3 heterocycles. The first-order valence-corrected chi connectivity index (χ1v) is 15.2. The average molecular weight is 558 g/mol. The van der Waals surface area contributed by atoms with Crippen molar-refractivity contribution in [1.82, 2.24) is 20.2 Å². The summed E-state index contributed by atoms with van der Waals surface area (Å²) in [4.78, 5) is 27.3. The van der Waals surface area contributed by atoms with Crippen LogP contribution in [0.1, 0.15) is 45.6 Å². The van der Waals surface area contributed by atoms with Crippen LogP contribution in [0.4, 0.5) is 5.82 Å². The minimum Gasteiger partial charge on any atom is -0.376 e. The van der Waals surface area contributed by atoms with Crippen LogP contribution in [0.25, 0.3) is 6.08 Å². The molecule has 7 nitrogen and oxygen atoms in total. The van der Waals surface area contributed by atoms with E-state index in [-0.39, 0.29) is 12.0 Å². The molecule has 0 aliphatic carbocycles. The Balaban J connectivity index is 1.15. The highest BCUT2D eigenvalue weighted by Gasteiger charge is 2.21. The second kappa shape index (κ2) is 13.9. The third-order valence-electron chi connectivity index (χ3n) is 7.56. The highest BCUT2D eigenvalue weighted by Crippen LogP contribution is 2.27. The van der Waals surface area contributed by atoms with Gasteiger partial charge in [0.05, 0.1) is 6.10 Å². The number of aryl methyl sites for hydroxylation is 1. The zero-order valence-electron chi connectivity index (χ0n) is 23.5. The SMILES string of the molecule is Cc1nc(SCc2cccc(C(=O)NCC3CCCO3)c2)nc(N2CCN(CC=Cc3ccccc3)CC2)c1C. The molecule has 8 heteroatoms. The Labute approximate surface area is 242 Å². The van der Waals surface area contributed by atoms with E-state index in [1.54, 1.807) is 11.8 Å². The summed E-state index contributed by atoms with van der Waals surface area (Å²) in [6, 6.07) is 18.3. The van der Waals surface area contributed by atoms with E-state index >= 15 is 0 Å². The minimum absolute atomic E-state index is 0.0539. The van der Waals surface area contributed by atoms with Gasteiger partial charge in [0.1, 0.15) is 5.82 Å². The van der Waals surface area contributed by atoms with Gasteiger partial charge in [0.15, 0.2) is 5.16 Å². The van der Waals surface area contributed by atoms with Crippen LogP contribution in [-0.4, -0.2) is 72.8 Å². The lowest BCUT2D eigenvalue weighted by Crippen LogP contribution is -2.47. The minimum atomic E-state index is -0.0539. The van der Waals surface area contributed by atoms with Gasteiger partial charge >= 0.3 is 0 Å². The molecule has 2 aliphatic rings. The Morgan fingerprint density at radius 1 is 1.07 bits per heavy atom. The summed E-state index contributed by atoms with van der Waals surface area (Å²) in [6.07, 6.45) is 6.66. The maximum Gasteiger partial charge on any atom is 0.251 e. The van der Waals surface area contributed by atoms with Crippen LogP contribution in [-0.2, 0) is 10.5 Å².